The Balaban J connectivity index is 1.16. The molecule has 0 N–H and O–H groups in total. The Morgan fingerprint density at radius 1 is 0.309 bits per heavy atom. The topological polar surface area (TPSA) is 9.86 Å². The van der Waals surface area contributed by atoms with Gasteiger partial charge in [-0.25, -0.2) is 0 Å². The largest absolute Gasteiger partial charge is 0.309 e. The first-order chi connectivity index (χ1) is 27.3. The van der Waals surface area contributed by atoms with E-state index in [9.17, 15) is 0 Å². The first-order valence-electron chi connectivity index (χ1n) is 18.8. The van der Waals surface area contributed by atoms with Crippen molar-refractivity contribution >= 4 is 85.9 Å². The standard InChI is InChI=1S/C52H32N2S/c1-3-13-33(14-4-1)51-39-18-8-7-15-36(39)31-48-52(51)44-30-35(24-28-47(44)54(48)38-25-26-42-41-20-10-12-22-49(41)55-50(42)32-38)34-23-27-46-43(29-34)40-19-9-11-21-45(40)53(46)37-16-5-2-6-17-37/h1-32H. The molecule has 0 aliphatic rings. The second-order valence-electron chi connectivity index (χ2n) is 14.5. The lowest BCUT2D eigenvalue weighted by Gasteiger charge is -2.12. The van der Waals surface area contributed by atoms with E-state index in [2.05, 4.69) is 203 Å². The molecule has 0 spiro atoms. The zero-order valence-corrected chi connectivity index (χ0v) is 30.6. The summed E-state index contributed by atoms with van der Waals surface area (Å²) in [6.07, 6.45) is 0. The van der Waals surface area contributed by atoms with Gasteiger partial charge >= 0.3 is 0 Å². The Labute approximate surface area is 321 Å². The van der Waals surface area contributed by atoms with Crippen LogP contribution in [-0.4, -0.2) is 9.13 Å². The summed E-state index contributed by atoms with van der Waals surface area (Å²) in [5, 5.41) is 10.2. The summed E-state index contributed by atoms with van der Waals surface area (Å²) in [6.45, 7) is 0. The molecule has 3 heterocycles. The molecule has 0 bridgehead atoms. The Morgan fingerprint density at radius 3 is 1.73 bits per heavy atom. The highest BCUT2D eigenvalue weighted by atomic mass is 32.1. The van der Waals surface area contributed by atoms with E-state index in [1.807, 2.05) is 11.3 Å². The lowest BCUT2D eigenvalue weighted by atomic mass is 9.92. The molecule has 3 heteroatoms. The molecule has 0 saturated carbocycles. The monoisotopic (exact) mass is 716 g/mol. The molecule has 12 aromatic rings. The number of thiophene rings is 1. The molecule has 0 unspecified atom stereocenters. The van der Waals surface area contributed by atoms with Gasteiger partial charge in [0, 0.05) is 53.1 Å². The lowest BCUT2D eigenvalue weighted by Crippen LogP contribution is -1.94. The van der Waals surface area contributed by atoms with Crippen LogP contribution < -0.4 is 0 Å². The van der Waals surface area contributed by atoms with Crippen molar-refractivity contribution < 1.29 is 0 Å². The molecule has 0 radical (unpaired) electrons. The first kappa shape index (κ1) is 30.5. The average Bonchev–Trinajstić information content (AvgIpc) is 3.90. The Hall–Kier alpha value is -6.94. The van der Waals surface area contributed by atoms with E-state index in [1.165, 1.54) is 108 Å². The van der Waals surface area contributed by atoms with Crippen LogP contribution in [0.15, 0.2) is 194 Å². The number of rotatable bonds is 4. The molecule has 55 heavy (non-hydrogen) atoms. The zero-order chi connectivity index (χ0) is 36.0. The van der Waals surface area contributed by atoms with Crippen LogP contribution in [0.2, 0.25) is 0 Å². The van der Waals surface area contributed by atoms with Gasteiger partial charge in [-0.3, -0.25) is 0 Å². The van der Waals surface area contributed by atoms with Gasteiger partial charge in [-0.2, -0.15) is 0 Å². The third kappa shape index (κ3) is 4.54. The molecule has 3 aromatic heterocycles. The van der Waals surface area contributed by atoms with Crippen LogP contribution in [0.25, 0.3) is 108 Å². The van der Waals surface area contributed by atoms with E-state index in [1.54, 1.807) is 0 Å². The number of hydrogen-bond donors (Lipinski definition) is 0. The summed E-state index contributed by atoms with van der Waals surface area (Å²) >= 11 is 1.87. The van der Waals surface area contributed by atoms with Crippen LogP contribution in [0.4, 0.5) is 0 Å². The van der Waals surface area contributed by atoms with E-state index < -0.39 is 0 Å². The van der Waals surface area contributed by atoms with Crippen LogP contribution in [0.3, 0.4) is 0 Å². The molecule has 0 atom stereocenters. The molecule has 9 aromatic carbocycles. The van der Waals surface area contributed by atoms with Crippen molar-refractivity contribution in [3.63, 3.8) is 0 Å². The van der Waals surface area contributed by atoms with Crippen molar-refractivity contribution in [1.29, 1.82) is 0 Å². The highest BCUT2D eigenvalue weighted by Gasteiger charge is 2.21. The van der Waals surface area contributed by atoms with Gasteiger partial charge in [0.25, 0.3) is 0 Å². The minimum absolute atomic E-state index is 1.17. The van der Waals surface area contributed by atoms with Crippen molar-refractivity contribution in [2.45, 2.75) is 0 Å². The van der Waals surface area contributed by atoms with Crippen LogP contribution in [0.1, 0.15) is 0 Å². The summed E-state index contributed by atoms with van der Waals surface area (Å²) in [5.74, 6) is 0. The fourth-order valence-corrected chi connectivity index (χ4v) is 10.2. The summed E-state index contributed by atoms with van der Waals surface area (Å²) < 4.78 is 7.50. The Kier molecular flexibility index (Phi) is 6.54. The smallest absolute Gasteiger partial charge is 0.0553 e. The Morgan fingerprint density at radius 2 is 0.909 bits per heavy atom. The number of hydrogen-bond acceptors (Lipinski definition) is 1. The van der Waals surface area contributed by atoms with Crippen molar-refractivity contribution in [3.8, 4) is 33.6 Å². The van der Waals surface area contributed by atoms with E-state index in [4.69, 9.17) is 0 Å². The van der Waals surface area contributed by atoms with Crippen molar-refractivity contribution in [2.75, 3.05) is 0 Å². The minimum atomic E-state index is 1.17. The van der Waals surface area contributed by atoms with Gasteiger partial charge in [0.1, 0.15) is 0 Å². The van der Waals surface area contributed by atoms with Crippen LogP contribution >= 0.6 is 11.3 Å². The Bertz CT molecular complexity index is 3470. The predicted molar refractivity (Wildman–Crippen MR) is 236 cm³/mol. The molecule has 0 saturated heterocycles. The fraction of sp³-hybridized carbons (Fsp3) is 0. The highest BCUT2D eigenvalue weighted by Crippen LogP contribution is 2.45. The maximum Gasteiger partial charge on any atom is 0.0553 e. The number of benzene rings is 9. The van der Waals surface area contributed by atoms with Gasteiger partial charge < -0.3 is 9.13 Å². The molecule has 0 amide bonds. The number of para-hydroxylation sites is 2. The van der Waals surface area contributed by atoms with Gasteiger partial charge in [0.2, 0.25) is 0 Å². The molecular weight excluding hydrogens is 685 g/mol. The van der Waals surface area contributed by atoms with E-state index in [0.717, 1.165) is 0 Å². The maximum atomic E-state index is 2.49. The van der Waals surface area contributed by atoms with Gasteiger partial charge in [0.05, 0.1) is 22.1 Å². The summed E-state index contributed by atoms with van der Waals surface area (Å²) in [6, 6.07) is 71.5. The van der Waals surface area contributed by atoms with E-state index in [-0.39, 0.29) is 0 Å². The lowest BCUT2D eigenvalue weighted by molar-refractivity contribution is 1.18. The number of fused-ring (bicyclic) bond motifs is 10. The van der Waals surface area contributed by atoms with Crippen LogP contribution in [-0.2, 0) is 0 Å². The van der Waals surface area contributed by atoms with E-state index >= 15 is 0 Å². The highest BCUT2D eigenvalue weighted by molar-refractivity contribution is 7.25. The van der Waals surface area contributed by atoms with Crippen molar-refractivity contribution in [2.24, 2.45) is 0 Å². The number of nitrogens with zero attached hydrogens (tertiary/aromatic N) is 2. The summed E-state index contributed by atoms with van der Waals surface area (Å²) in [7, 11) is 0. The molecule has 256 valence electrons. The normalized spacial score (nSPS) is 12.0. The average molecular weight is 717 g/mol. The summed E-state index contributed by atoms with van der Waals surface area (Å²) in [5.41, 5.74) is 12.1. The third-order valence-electron chi connectivity index (χ3n) is 11.5. The van der Waals surface area contributed by atoms with Crippen molar-refractivity contribution in [3.05, 3.63) is 194 Å². The second-order valence-corrected chi connectivity index (χ2v) is 15.6. The quantitative estimate of drug-likeness (QED) is 0.172. The predicted octanol–water partition coefficient (Wildman–Crippen LogP) is 14.7. The first-order valence-corrected chi connectivity index (χ1v) is 19.7. The maximum absolute atomic E-state index is 2.49. The zero-order valence-electron chi connectivity index (χ0n) is 29.8. The molecule has 2 nitrogen and oxygen atoms in total. The third-order valence-corrected chi connectivity index (χ3v) is 12.6. The van der Waals surface area contributed by atoms with Crippen LogP contribution in [0, 0.1) is 0 Å². The van der Waals surface area contributed by atoms with Gasteiger partial charge in [0.15, 0.2) is 0 Å². The molecule has 0 fully saturated rings. The van der Waals surface area contributed by atoms with Gasteiger partial charge in [-0.15, -0.1) is 11.3 Å². The van der Waals surface area contributed by atoms with Gasteiger partial charge in [-0.05, 0) is 99.8 Å². The molecular formula is C52H32N2S. The molecule has 0 aliphatic carbocycles. The van der Waals surface area contributed by atoms with E-state index in [0.29, 0.717) is 0 Å². The summed E-state index contributed by atoms with van der Waals surface area (Å²) in [4.78, 5) is 0. The van der Waals surface area contributed by atoms with Crippen molar-refractivity contribution in [1.82, 2.24) is 9.13 Å². The second kappa shape index (κ2) is 11.8. The van der Waals surface area contributed by atoms with Gasteiger partial charge in [-0.1, -0.05) is 127 Å². The van der Waals surface area contributed by atoms with Crippen LogP contribution in [0.5, 0.6) is 0 Å². The minimum Gasteiger partial charge on any atom is -0.309 e. The molecule has 0 aliphatic heterocycles. The fourth-order valence-electron chi connectivity index (χ4n) is 9.07. The SMILES string of the molecule is c1ccc(-c2c3ccccc3cc3c2c2cc(-c4ccc5c(c4)c4ccccc4n5-c4ccccc4)ccc2n3-c2ccc3c(c2)sc2ccccc23)cc1. The number of aromatic nitrogens is 2. The molecule has 12 rings (SSSR count).